The van der Waals surface area contributed by atoms with Crippen molar-refractivity contribution in [2.45, 2.75) is 25.5 Å². The van der Waals surface area contributed by atoms with Gasteiger partial charge >= 0.3 is 0 Å². The zero-order valence-electron chi connectivity index (χ0n) is 15.3. The Labute approximate surface area is 156 Å². The van der Waals surface area contributed by atoms with Crippen molar-refractivity contribution < 1.29 is 4.74 Å². The molecule has 4 rings (SSSR count). The Kier molecular flexibility index (Phi) is 5.03. The van der Waals surface area contributed by atoms with Crippen molar-refractivity contribution in [3.05, 3.63) is 101 Å². The number of hydrogen-bond donors (Lipinski definition) is 0. The predicted octanol–water partition coefficient (Wildman–Crippen LogP) is 5.04. The van der Waals surface area contributed by atoms with Crippen molar-refractivity contribution in [1.82, 2.24) is 4.90 Å². The van der Waals surface area contributed by atoms with Gasteiger partial charge in [0.2, 0.25) is 0 Å². The van der Waals surface area contributed by atoms with Gasteiger partial charge in [-0.05, 0) is 54.3 Å². The van der Waals surface area contributed by atoms with E-state index in [9.17, 15) is 0 Å². The van der Waals surface area contributed by atoms with E-state index < -0.39 is 0 Å². The molecule has 0 amide bonds. The number of benzene rings is 3. The molecule has 0 fully saturated rings. The van der Waals surface area contributed by atoms with Gasteiger partial charge in [-0.2, -0.15) is 0 Å². The molecular weight excluding hydrogens is 318 g/mol. The minimum atomic E-state index is 0.435. The van der Waals surface area contributed by atoms with Gasteiger partial charge in [0.15, 0.2) is 0 Å². The van der Waals surface area contributed by atoms with Gasteiger partial charge in [0, 0.05) is 12.6 Å². The van der Waals surface area contributed by atoms with E-state index in [2.05, 4.69) is 66.5 Å². The molecule has 1 aliphatic rings. The molecule has 0 spiro atoms. The SMILES string of the molecule is CN1CCc2ccccc2C1Cc1cccc(OCc2ccccc2)c1. The molecule has 2 heteroatoms. The fraction of sp³-hybridized carbons (Fsp3) is 0.250. The highest BCUT2D eigenvalue weighted by atomic mass is 16.5. The lowest BCUT2D eigenvalue weighted by Gasteiger charge is -2.34. The van der Waals surface area contributed by atoms with Crippen molar-refractivity contribution in [2.24, 2.45) is 0 Å². The third-order valence-corrected chi connectivity index (χ3v) is 5.26. The largest absolute Gasteiger partial charge is 0.489 e. The summed E-state index contributed by atoms with van der Waals surface area (Å²) in [5.41, 5.74) is 5.48. The van der Waals surface area contributed by atoms with Crippen molar-refractivity contribution >= 4 is 0 Å². The van der Waals surface area contributed by atoms with Gasteiger partial charge in [-0.25, -0.2) is 0 Å². The minimum absolute atomic E-state index is 0.435. The minimum Gasteiger partial charge on any atom is -0.489 e. The van der Waals surface area contributed by atoms with Gasteiger partial charge in [0.05, 0.1) is 0 Å². The average molecular weight is 343 g/mol. The molecule has 1 heterocycles. The molecular formula is C24H25NO. The Morgan fingerprint density at radius 3 is 2.54 bits per heavy atom. The summed E-state index contributed by atoms with van der Waals surface area (Å²) in [4.78, 5) is 2.47. The third-order valence-electron chi connectivity index (χ3n) is 5.26. The van der Waals surface area contributed by atoms with Gasteiger partial charge in [0.1, 0.15) is 12.4 Å². The molecule has 1 aliphatic heterocycles. The Morgan fingerprint density at radius 1 is 0.885 bits per heavy atom. The van der Waals surface area contributed by atoms with Crippen LogP contribution in [-0.4, -0.2) is 18.5 Å². The van der Waals surface area contributed by atoms with Crippen molar-refractivity contribution in [1.29, 1.82) is 0 Å². The van der Waals surface area contributed by atoms with Crippen LogP contribution >= 0.6 is 0 Å². The molecule has 0 aliphatic carbocycles. The van der Waals surface area contributed by atoms with Crippen molar-refractivity contribution in [2.75, 3.05) is 13.6 Å². The first-order valence-electron chi connectivity index (χ1n) is 9.33. The van der Waals surface area contributed by atoms with Gasteiger partial charge in [-0.1, -0.05) is 66.7 Å². The van der Waals surface area contributed by atoms with Crippen LogP contribution in [0.3, 0.4) is 0 Å². The maximum absolute atomic E-state index is 6.00. The summed E-state index contributed by atoms with van der Waals surface area (Å²) in [5.74, 6) is 0.943. The molecule has 26 heavy (non-hydrogen) atoms. The molecule has 132 valence electrons. The highest BCUT2D eigenvalue weighted by Gasteiger charge is 2.24. The van der Waals surface area contributed by atoms with Crippen LogP contribution < -0.4 is 4.74 Å². The molecule has 2 nitrogen and oxygen atoms in total. The van der Waals surface area contributed by atoms with Crippen molar-refractivity contribution in [3.63, 3.8) is 0 Å². The fourth-order valence-electron chi connectivity index (χ4n) is 3.77. The van der Waals surface area contributed by atoms with Crippen LogP contribution in [0, 0.1) is 0 Å². The van der Waals surface area contributed by atoms with E-state index >= 15 is 0 Å². The number of hydrogen-bond acceptors (Lipinski definition) is 2. The Hall–Kier alpha value is -2.58. The van der Waals surface area contributed by atoms with Crippen LogP contribution in [0.1, 0.15) is 28.3 Å². The maximum Gasteiger partial charge on any atom is 0.120 e. The number of fused-ring (bicyclic) bond motifs is 1. The molecule has 0 radical (unpaired) electrons. The summed E-state index contributed by atoms with van der Waals surface area (Å²) >= 11 is 0. The fourth-order valence-corrected chi connectivity index (χ4v) is 3.77. The molecule has 0 N–H and O–H groups in total. The summed E-state index contributed by atoms with van der Waals surface area (Å²) in [6.45, 7) is 1.72. The first-order chi connectivity index (χ1) is 12.8. The Morgan fingerprint density at radius 2 is 1.65 bits per heavy atom. The highest BCUT2D eigenvalue weighted by Crippen LogP contribution is 2.32. The van der Waals surface area contributed by atoms with Crippen LogP contribution in [-0.2, 0) is 19.4 Å². The van der Waals surface area contributed by atoms with Crippen LogP contribution in [0.15, 0.2) is 78.9 Å². The zero-order chi connectivity index (χ0) is 17.8. The van der Waals surface area contributed by atoms with E-state index in [0.717, 1.165) is 25.1 Å². The lowest BCUT2D eigenvalue weighted by molar-refractivity contribution is 0.229. The quantitative estimate of drug-likeness (QED) is 0.644. The molecule has 1 atom stereocenters. The normalized spacial score (nSPS) is 16.9. The smallest absolute Gasteiger partial charge is 0.120 e. The average Bonchev–Trinajstić information content (AvgIpc) is 2.70. The molecule has 3 aromatic rings. The topological polar surface area (TPSA) is 12.5 Å². The second-order valence-electron chi connectivity index (χ2n) is 7.07. The van der Waals surface area contributed by atoms with Gasteiger partial charge in [-0.15, -0.1) is 0 Å². The number of nitrogens with zero attached hydrogens (tertiary/aromatic N) is 1. The Balaban J connectivity index is 1.49. The lowest BCUT2D eigenvalue weighted by atomic mass is 9.89. The standard InChI is InChI=1S/C24H25NO/c1-25-15-14-21-11-5-6-13-23(21)24(25)17-20-10-7-12-22(16-20)26-18-19-8-3-2-4-9-19/h2-13,16,24H,14-15,17-18H2,1H3. The van der Waals surface area contributed by atoms with Gasteiger partial charge < -0.3 is 4.74 Å². The van der Waals surface area contributed by atoms with Crippen LogP contribution in [0.5, 0.6) is 5.75 Å². The zero-order valence-corrected chi connectivity index (χ0v) is 15.3. The molecule has 0 aromatic heterocycles. The predicted molar refractivity (Wildman–Crippen MR) is 106 cm³/mol. The number of rotatable bonds is 5. The van der Waals surface area contributed by atoms with E-state index in [1.807, 2.05) is 24.3 Å². The summed E-state index contributed by atoms with van der Waals surface area (Å²) in [6.07, 6.45) is 2.15. The molecule has 0 saturated carbocycles. The van der Waals surface area contributed by atoms with Gasteiger partial charge in [0.25, 0.3) is 0 Å². The van der Waals surface area contributed by atoms with E-state index in [1.54, 1.807) is 0 Å². The van der Waals surface area contributed by atoms with Crippen LogP contribution in [0.25, 0.3) is 0 Å². The summed E-state index contributed by atoms with van der Waals surface area (Å²) in [7, 11) is 2.23. The lowest BCUT2D eigenvalue weighted by Crippen LogP contribution is -2.33. The summed E-state index contributed by atoms with van der Waals surface area (Å²) in [5, 5.41) is 0. The third kappa shape index (κ3) is 3.81. The first-order valence-corrected chi connectivity index (χ1v) is 9.33. The van der Waals surface area contributed by atoms with E-state index in [4.69, 9.17) is 4.74 Å². The summed E-state index contributed by atoms with van der Waals surface area (Å²) < 4.78 is 6.00. The maximum atomic E-state index is 6.00. The van der Waals surface area contributed by atoms with E-state index in [-0.39, 0.29) is 0 Å². The van der Waals surface area contributed by atoms with E-state index in [1.165, 1.54) is 22.3 Å². The van der Waals surface area contributed by atoms with E-state index in [0.29, 0.717) is 12.6 Å². The van der Waals surface area contributed by atoms with Crippen molar-refractivity contribution in [3.8, 4) is 5.75 Å². The van der Waals surface area contributed by atoms with Crippen LogP contribution in [0.2, 0.25) is 0 Å². The number of likely N-dealkylation sites (N-methyl/N-ethyl adjacent to an activating group) is 1. The van der Waals surface area contributed by atoms with Gasteiger partial charge in [-0.3, -0.25) is 4.90 Å². The molecule has 1 unspecified atom stereocenters. The second-order valence-corrected chi connectivity index (χ2v) is 7.07. The number of ether oxygens (including phenoxy) is 1. The molecule has 0 saturated heterocycles. The van der Waals surface area contributed by atoms with Crippen LogP contribution in [0.4, 0.5) is 0 Å². The molecule has 0 bridgehead atoms. The highest BCUT2D eigenvalue weighted by molar-refractivity contribution is 5.36. The first kappa shape index (κ1) is 16.9. The summed E-state index contributed by atoms with van der Waals surface area (Å²) in [6, 6.07) is 28.2. The second kappa shape index (κ2) is 7.76. The Bertz CT molecular complexity index is 859. The monoisotopic (exact) mass is 343 g/mol. The molecule has 3 aromatic carbocycles.